The molecule has 3 aromatic heterocycles. The third-order valence-electron chi connectivity index (χ3n) is 3.19. The molecule has 122 valence electrons. The number of nitrogens with zero attached hydrogens (tertiary/aromatic N) is 4. The highest BCUT2D eigenvalue weighted by Gasteiger charge is 2.15. The predicted molar refractivity (Wildman–Crippen MR) is 92.7 cm³/mol. The van der Waals surface area contributed by atoms with Gasteiger partial charge in [0.25, 0.3) is 5.91 Å². The lowest BCUT2D eigenvalue weighted by Crippen LogP contribution is -2.16. The number of aryl methyl sites for hydroxylation is 2. The lowest BCUT2D eigenvalue weighted by molar-refractivity contribution is 0.102. The highest BCUT2D eigenvalue weighted by atomic mass is 35.5. The lowest BCUT2D eigenvalue weighted by Gasteiger charge is -2.11. The van der Waals surface area contributed by atoms with Gasteiger partial charge in [0.2, 0.25) is 0 Å². The number of halogens is 1. The summed E-state index contributed by atoms with van der Waals surface area (Å²) in [5, 5.41) is 10.5. The van der Waals surface area contributed by atoms with Crippen LogP contribution in [0.15, 0.2) is 42.9 Å². The summed E-state index contributed by atoms with van der Waals surface area (Å²) < 4.78 is 1.61. The van der Waals surface area contributed by atoms with E-state index in [4.69, 9.17) is 11.6 Å². The largest absolute Gasteiger partial charge is 0.352 e. The summed E-state index contributed by atoms with van der Waals surface area (Å²) in [7, 11) is 1.78. The van der Waals surface area contributed by atoms with Crippen LogP contribution in [0.2, 0.25) is 5.02 Å². The second-order valence-electron chi connectivity index (χ2n) is 5.19. The second kappa shape index (κ2) is 6.67. The summed E-state index contributed by atoms with van der Waals surface area (Å²) in [6.45, 7) is 1.82. The van der Waals surface area contributed by atoms with Crippen molar-refractivity contribution in [3.63, 3.8) is 0 Å². The van der Waals surface area contributed by atoms with Gasteiger partial charge in [0.05, 0.1) is 22.6 Å². The van der Waals surface area contributed by atoms with Gasteiger partial charge >= 0.3 is 0 Å². The van der Waals surface area contributed by atoms with Gasteiger partial charge in [-0.25, -0.2) is 4.98 Å². The van der Waals surface area contributed by atoms with Crippen molar-refractivity contribution in [2.45, 2.75) is 6.92 Å². The van der Waals surface area contributed by atoms with Gasteiger partial charge < -0.3 is 10.6 Å². The Morgan fingerprint density at radius 3 is 2.79 bits per heavy atom. The average Bonchev–Trinajstić information content (AvgIpc) is 2.94. The van der Waals surface area contributed by atoms with Crippen LogP contribution in [0, 0.1) is 6.92 Å². The van der Waals surface area contributed by atoms with Crippen LogP contribution in [0.5, 0.6) is 0 Å². The van der Waals surface area contributed by atoms with Crippen LogP contribution in [0.3, 0.4) is 0 Å². The number of pyridine rings is 2. The standard InChI is InChI=1S/C16H15ClN6O/c1-10-3-4-13(20-12-7-11(17)8-18-9-12)15(19-10)16(24)21-14-5-6-23(2)22-14/h3-9,20H,1-2H3,(H,21,22,24). The molecule has 3 rings (SSSR count). The Labute approximate surface area is 143 Å². The molecule has 0 bridgehead atoms. The molecule has 0 aliphatic rings. The van der Waals surface area contributed by atoms with E-state index in [2.05, 4.69) is 25.7 Å². The zero-order valence-electron chi connectivity index (χ0n) is 13.1. The first-order valence-corrected chi connectivity index (χ1v) is 7.55. The van der Waals surface area contributed by atoms with Crippen LogP contribution in [-0.2, 0) is 7.05 Å². The number of hydrogen-bond acceptors (Lipinski definition) is 5. The zero-order chi connectivity index (χ0) is 17.1. The summed E-state index contributed by atoms with van der Waals surface area (Å²) in [4.78, 5) is 20.9. The highest BCUT2D eigenvalue weighted by molar-refractivity contribution is 6.30. The van der Waals surface area contributed by atoms with Crippen LogP contribution in [0.25, 0.3) is 0 Å². The minimum absolute atomic E-state index is 0.264. The van der Waals surface area contributed by atoms with Crippen LogP contribution < -0.4 is 10.6 Å². The summed E-state index contributed by atoms with van der Waals surface area (Å²) >= 11 is 5.94. The summed E-state index contributed by atoms with van der Waals surface area (Å²) in [5.41, 5.74) is 2.22. The van der Waals surface area contributed by atoms with Crippen LogP contribution in [0.1, 0.15) is 16.2 Å². The second-order valence-corrected chi connectivity index (χ2v) is 5.63. The number of nitrogens with one attached hydrogen (secondary N) is 2. The first-order valence-electron chi connectivity index (χ1n) is 7.17. The Morgan fingerprint density at radius 1 is 1.25 bits per heavy atom. The van der Waals surface area contributed by atoms with Gasteiger partial charge in [-0.1, -0.05) is 11.6 Å². The van der Waals surface area contributed by atoms with Crippen molar-refractivity contribution in [3.8, 4) is 0 Å². The topological polar surface area (TPSA) is 84.7 Å². The minimum atomic E-state index is -0.352. The quantitative estimate of drug-likeness (QED) is 0.760. The van der Waals surface area contributed by atoms with E-state index < -0.39 is 0 Å². The van der Waals surface area contributed by atoms with E-state index >= 15 is 0 Å². The molecule has 7 nitrogen and oxygen atoms in total. The van der Waals surface area contributed by atoms with E-state index in [9.17, 15) is 4.79 Å². The monoisotopic (exact) mass is 342 g/mol. The van der Waals surface area contributed by atoms with Gasteiger partial charge in [-0.05, 0) is 25.1 Å². The smallest absolute Gasteiger partial charge is 0.277 e. The Hall–Kier alpha value is -2.93. The van der Waals surface area contributed by atoms with Crippen LogP contribution in [-0.4, -0.2) is 25.7 Å². The fraction of sp³-hybridized carbons (Fsp3) is 0.125. The van der Waals surface area contributed by atoms with Crippen molar-refractivity contribution in [1.82, 2.24) is 19.7 Å². The molecule has 8 heteroatoms. The van der Waals surface area contributed by atoms with Crippen molar-refractivity contribution >= 4 is 34.7 Å². The predicted octanol–water partition coefficient (Wildman–Crippen LogP) is 3.17. The maximum absolute atomic E-state index is 12.5. The number of rotatable bonds is 4. The van der Waals surface area contributed by atoms with E-state index in [0.29, 0.717) is 22.2 Å². The molecule has 2 N–H and O–H groups in total. The maximum atomic E-state index is 12.5. The van der Waals surface area contributed by atoms with Gasteiger partial charge in [0, 0.05) is 31.2 Å². The summed E-state index contributed by atoms with van der Waals surface area (Å²) in [5.74, 6) is 0.107. The molecular formula is C16H15ClN6O. The van der Waals surface area contributed by atoms with E-state index in [0.717, 1.165) is 5.69 Å². The third kappa shape index (κ3) is 3.69. The Bertz CT molecular complexity index is 892. The molecule has 0 fully saturated rings. The van der Waals surface area contributed by atoms with Crippen LogP contribution >= 0.6 is 11.6 Å². The van der Waals surface area contributed by atoms with Crippen molar-refractivity contribution < 1.29 is 4.79 Å². The normalized spacial score (nSPS) is 10.5. The number of anilines is 3. The fourth-order valence-electron chi connectivity index (χ4n) is 2.12. The van der Waals surface area contributed by atoms with E-state index in [-0.39, 0.29) is 11.6 Å². The molecule has 1 amide bonds. The van der Waals surface area contributed by atoms with E-state index in [1.807, 2.05) is 13.0 Å². The Morgan fingerprint density at radius 2 is 2.08 bits per heavy atom. The van der Waals surface area contributed by atoms with Crippen molar-refractivity contribution in [2.24, 2.45) is 7.05 Å². The SMILES string of the molecule is Cc1ccc(Nc2cncc(Cl)c2)c(C(=O)Nc2ccn(C)n2)n1. The lowest BCUT2D eigenvalue weighted by atomic mass is 10.2. The first kappa shape index (κ1) is 15.9. The van der Waals surface area contributed by atoms with E-state index in [1.165, 1.54) is 6.20 Å². The number of aromatic nitrogens is 4. The fourth-order valence-corrected chi connectivity index (χ4v) is 2.30. The average molecular weight is 343 g/mol. The molecule has 0 aliphatic carbocycles. The van der Waals surface area contributed by atoms with Crippen molar-refractivity contribution in [2.75, 3.05) is 10.6 Å². The van der Waals surface area contributed by atoms with Crippen LogP contribution in [0.4, 0.5) is 17.2 Å². The first-order chi connectivity index (χ1) is 11.5. The number of amides is 1. The maximum Gasteiger partial charge on any atom is 0.277 e. The molecule has 0 radical (unpaired) electrons. The van der Waals surface area contributed by atoms with Gasteiger partial charge in [-0.3, -0.25) is 14.5 Å². The molecule has 0 aromatic carbocycles. The number of carbonyl (C=O) groups excluding carboxylic acids is 1. The molecular weight excluding hydrogens is 328 g/mol. The Balaban J connectivity index is 1.88. The number of hydrogen-bond donors (Lipinski definition) is 2. The van der Waals surface area contributed by atoms with Gasteiger partial charge in [0.15, 0.2) is 11.5 Å². The molecule has 0 unspecified atom stereocenters. The van der Waals surface area contributed by atoms with Gasteiger partial charge in [0.1, 0.15) is 0 Å². The van der Waals surface area contributed by atoms with Gasteiger partial charge in [-0.2, -0.15) is 5.10 Å². The Kier molecular flexibility index (Phi) is 4.43. The molecule has 0 aliphatic heterocycles. The van der Waals surface area contributed by atoms with Gasteiger partial charge in [-0.15, -0.1) is 0 Å². The molecule has 0 atom stereocenters. The highest BCUT2D eigenvalue weighted by Crippen LogP contribution is 2.22. The molecule has 3 aromatic rings. The number of carbonyl (C=O) groups is 1. The van der Waals surface area contributed by atoms with Crippen molar-refractivity contribution in [1.29, 1.82) is 0 Å². The van der Waals surface area contributed by atoms with Crippen molar-refractivity contribution in [3.05, 3.63) is 59.3 Å². The molecule has 0 spiro atoms. The molecule has 24 heavy (non-hydrogen) atoms. The summed E-state index contributed by atoms with van der Waals surface area (Å²) in [6.07, 6.45) is 4.90. The molecule has 3 heterocycles. The zero-order valence-corrected chi connectivity index (χ0v) is 13.9. The molecule has 0 saturated carbocycles. The summed E-state index contributed by atoms with van der Waals surface area (Å²) in [6, 6.07) is 7.03. The third-order valence-corrected chi connectivity index (χ3v) is 3.40. The molecule has 0 saturated heterocycles. The van der Waals surface area contributed by atoms with E-state index in [1.54, 1.807) is 42.3 Å². The minimum Gasteiger partial charge on any atom is -0.352 e.